The van der Waals surface area contributed by atoms with E-state index in [1.165, 1.54) is 24.0 Å². The number of hydrogen-bond donors (Lipinski definition) is 1. The van der Waals surface area contributed by atoms with E-state index in [0.717, 1.165) is 31.7 Å². The first-order chi connectivity index (χ1) is 13.7. The Morgan fingerprint density at radius 3 is 2.86 bits per heavy atom. The first-order valence-corrected chi connectivity index (χ1v) is 11.2. The number of rotatable bonds is 5. The maximum atomic E-state index is 12.6. The molecule has 28 heavy (non-hydrogen) atoms. The van der Waals surface area contributed by atoms with Gasteiger partial charge in [0.1, 0.15) is 0 Å². The summed E-state index contributed by atoms with van der Waals surface area (Å²) in [6.45, 7) is 1.55. The molecule has 4 heterocycles. The molecule has 2 bridgehead atoms. The van der Waals surface area contributed by atoms with Crippen molar-refractivity contribution in [3.8, 4) is 0 Å². The summed E-state index contributed by atoms with van der Waals surface area (Å²) in [6, 6.07) is 9.69. The molecule has 1 aromatic heterocycles. The number of nitrogens with zero attached hydrogens (tertiary/aromatic N) is 2. The van der Waals surface area contributed by atoms with Gasteiger partial charge in [0.05, 0.1) is 29.3 Å². The van der Waals surface area contributed by atoms with Gasteiger partial charge in [0.2, 0.25) is 5.91 Å². The third-order valence-electron chi connectivity index (χ3n) is 6.90. The van der Waals surface area contributed by atoms with E-state index in [2.05, 4.69) is 44.8 Å². The first-order valence-electron chi connectivity index (χ1n) is 10.3. The molecule has 0 aliphatic carbocycles. The van der Waals surface area contributed by atoms with Gasteiger partial charge in [-0.05, 0) is 36.8 Å². The fourth-order valence-electron chi connectivity index (χ4n) is 5.61. The lowest BCUT2D eigenvalue weighted by molar-refractivity contribution is -0.127. The van der Waals surface area contributed by atoms with E-state index >= 15 is 0 Å². The number of hydrogen-bond acceptors (Lipinski definition) is 5. The fraction of sp³-hybridized carbons (Fsp3) is 0.545. The van der Waals surface area contributed by atoms with Gasteiger partial charge in [-0.25, -0.2) is 4.98 Å². The van der Waals surface area contributed by atoms with E-state index < -0.39 is 0 Å². The van der Waals surface area contributed by atoms with Crippen molar-refractivity contribution < 1.29 is 9.53 Å². The zero-order chi connectivity index (χ0) is 19.1. The predicted molar refractivity (Wildman–Crippen MR) is 109 cm³/mol. The monoisotopic (exact) mass is 397 g/mol. The highest BCUT2D eigenvalue weighted by Gasteiger charge is 2.52. The van der Waals surface area contributed by atoms with Crippen molar-refractivity contribution in [3.05, 3.63) is 52.0 Å². The number of thiazole rings is 1. The molecule has 6 heteroatoms. The van der Waals surface area contributed by atoms with Gasteiger partial charge in [-0.1, -0.05) is 24.3 Å². The molecule has 1 amide bonds. The highest BCUT2D eigenvalue weighted by molar-refractivity contribution is 7.07. The predicted octanol–water partition coefficient (Wildman–Crippen LogP) is 3.10. The van der Waals surface area contributed by atoms with E-state index in [9.17, 15) is 4.79 Å². The average molecular weight is 398 g/mol. The van der Waals surface area contributed by atoms with Crippen LogP contribution >= 0.6 is 11.3 Å². The molecule has 3 aliphatic rings. The van der Waals surface area contributed by atoms with Crippen LogP contribution in [0.1, 0.15) is 42.5 Å². The van der Waals surface area contributed by atoms with Crippen molar-refractivity contribution >= 4 is 17.2 Å². The molecule has 1 spiro atoms. The average Bonchev–Trinajstić information content (AvgIpc) is 3.40. The van der Waals surface area contributed by atoms with Crippen molar-refractivity contribution in [3.63, 3.8) is 0 Å². The summed E-state index contributed by atoms with van der Waals surface area (Å²) in [7, 11) is 1.74. The molecule has 5 rings (SSSR count). The Bertz CT molecular complexity index is 839. The SMILES string of the molecule is CNC(=O)C(Cc1cscn1)CN1C2CCC1CC1(C2)OCc2ccccc21. The van der Waals surface area contributed by atoms with Crippen LogP contribution in [0.25, 0.3) is 0 Å². The minimum absolute atomic E-state index is 0.0546. The smallest absolute Gasteiger partial charge is 0.224 e. The van der Waals surface area contributed by atoms with Crippen molar-refractivity contribution in [2.24, 2.45) is 5.92 Å². The van der Waals surface area contributed by atoms with Gasteiger partial charge < -0.3 is 10.1 Å². The number of fused-ring (bicyclic) bond motifs is 4. The number of carbonyl (C=O) groups excluding carboxylic acids is 1. The summed E-state index contributed by atoms with van der Waals surface area (Å²) < 4.78 is 6.43. The molecule has 2 saturated heterocycles. The van der Waals surface area contributed by atoms with Gasteiger partial charge in [0.15, 0.2) is 0 Å². The van der Waals surface area contributed by atoms with Gasteiger partial charge in [-0.15, -0.1) is 11.3 Å². The molecule has 3 aliphatic heterocycles. The number of ether oxygens (including phenoxy) is 1. The van der Waals surface area contributed by atoms with Gasteiger partial charge in [-0.3, -0.25) is 9.69 Å². The van der Waals surface area contributed by atoms with Gasteiger partial charge in [0.25, 0.3) is 0 Å². The zero-order valence-corrected chi connectivity index (χ0v) is 17.1. The lowest BCUT2D eigenvalue weighted by Gasteiger charge is -2.45. The highest BCUT2D eigenvalue weighted by atomic mass is 32.1. The summed E-state index contributed by atoms with van der Waals surface area (Å²) in [5, 5.41) is 4.92. The third-order valence-corrected chi connectivity index (χ3v) is 7.54. The topological polar surface area (TPSA) is 54.5 Å². The number of amides is 1. The molecule has 1 aromatic carbocycles. The Labute approximate surface area is 170 Å². The summed E-state index contributed by atoms with van der Waals surface area (Å²) >= 11 is 1.59. The Hall–Kier alpha value is -1.76. The molecular formula is C22H27N3O2S. The summed E-state index contributed by atoms with van der Waals surface area (Å²) in [6.07, 6.45) is 5.20. The Morgan fingerprint density at radius 2 is 2.14 bits per heavy atom. The van der Waals surface area contributed by atoms with Crippen LogP contribution in [0.2, 0.25) is 0 Å². The highest BCUT2D eigenvalue weighted by Crippen LogP contribution is 2.52. The molecule has 3 unspecified atom stereocenters. The molecule has 2 fully saturated rings. The van der Waals surface area contributed by atoms with Crippen molar-refractivity contribution in [2.75, 3.05) is 13.6 Å². The lowest BCUT2D eigenvalue weighted by Crippen LogP contribution is -2.52. The molecule has 2 aromatic rings. The Balaban J connectivity index is 1.35. The van der Waals surface area contributed by atoms with Crippen LogP contribution in [0.15, 0.2) is 35.2 Å². The minimum Gasteiger partial charge on any atom is -0.365 e. The van der Waals surface area contributed by atoms with Crippen LogP contribution in [-0.4, -0.2) is 41.5 Å². The van der Waals surface area contributed by atoms with Crippen molar-refractivity contribution in [1.29, 1.82) is 0 Å². The zero-order valence-electron chi connectivity index (χ0n) is 16.3. The van der Waals surface area contributed by atoms with Crippen LogP contribution in [-0.2, 0) is 28.2 Å². The maximum absolute atomic E-state index is 12.6. The fourth-order valence-corrected chi connectivity index (χ4v) is 6.18. The quantitative estimate of drug-likeness (QED) is 0.842. The van der Waals surface area contributed by atoms with E-state index in [1.807, 2.05) is 5.51 Å². The van der Waals surface area contributed by atoms with Gasteiger partial charge >= 0.3 is 0 Å². The van der Waals surface area contributed by atoms with Crippen LogP contribution in [0, 0.1) is 5.92 Å². The summed E-state index contributed by atoms with van der Waals surface area (Å²) in [5.41, 5.74) is 5.50. The molecule has 5 nitrogen and oxygen atoms in total. The second-order valence-electron chi connectivity index (χ2n) is 8.43. The molecule has 1 N–H and O–H groups in total. The Kier molecular flexibility index (Phi) is 4.73. The van der Waals surface area contributed by atoms with Crippen LogP contribution in [0.4, 0.5) is 0 Å². The lowest BCUT2D eigenvalue weighted by atomic mass is 9.79. The van der Waals surface area contributed by atoms with Gasteiger partial charge in [0, 0.05) is 37.5 Å². The van der Waals surface area contributed by atoms with E-state index in [4.69, 9.17) is 4.74 Å². The van der Waals surface area contributed by atoms with E-state index in [0.29, 0.717) is 18.5 Å². The van der Waals surface area contributed by atoms with Crippen molar-refractivity contribution in [1.82, 2.24) is 15.2 Å². The minimum atomic E-state index is -0.115. The number of carbonyl (C=O) groups is 1. The maximum Gasteiger partial charge on any atom is 0.224 e. The van der Waals surface area contributed by atoms with E-state index in [-0.39, 0.29) is 17.4 Å². The van der Waals surface area contributed by atoms with Crippen LogP contribution in [0.3, 0.4) is 0 Å². The van der Waals surface area contributed by atoms with Crippen LogP contribution in [0.5, 0.6) is 0 Å². The second-order valence-corrected chi connectivity index (χ2v) is 9.14. The number of piperidine rings is 1. The standard InChI is InChI=1S/C22H27N3O2S/c1-23-21(26)16(8-17-13-28-14-24-17)11-25-18-6-7-19(25)10-22(9-18)20-5-3-2-4-15(20)12-27-22/h2-5,13-14,16,18-19H,6-12H2,1H3,(H,23,26). The molecule has 3 atom stereocenters. The number of nitrogens with one attached hydrogen (secondary N) is 1. The first kappa shape index (κ1) is 18.3. The number of aromatic nitrogens is 1. The molecule has 0 radical (unpaired) electrons. The normalized spacial score (nSPS) is 29.8. The molecule has 148 valence electrons. The molecule has 0 saturated carbocycles. The Morgan fingerprint density at radius 1 is 1.36 bits per heavy atom. The summed E-state index contributed by atoms with van der Waals surface area (Å²) in [4.78, 5) is 19.6. The third kappa shape index (κ3) is 3.08. The van der Waals surface area contributed by atoms with E-state index in [1.54, 1.807) is 18.4 Å². The molecular weight excluding hydrogens is 370 g/mol. The van der Waals surface area contributed by atoms with Crippen LogP contribution < -0.4 is 5.32 Å². The summed E-state index contributed by atoms with van der Waals surface area (Å²) in [5.74, 6) is 0.0659. The largest absolute Gasteiger partial charge is 0.365 e. The number of benzene rings is 1. The van der Waals surface area contributed by atoms with Crippen molar-refractivity contribution in [2.45, 2.75) is 56.4 Å². The second kappa shape index (κ2) is 7.25. The van der Waals surface area contributed by atoms with Gasteiger partial charge in [-0.2, -0.15) is 0 Å².